The van der Waals surface area contributed by atoms with Gasteiger partial charge in [-0.3, -0.25) is 4.90 Å². The van der Waals surface area contributed by atoms with E-state index in [0.717, 1.165) is 0 Å². The molecule has 3 nitrogen and oxygen atoms in total. The first-order valence-electron chi connectivity index (χ1n) is 6.39. The third-order valence-corrected chi connectivity index (χ3v) is 2.68. The van der Waals surface area contributed by atoms with Crippen LogP contribution in [0.2, 0.25) is 0 Å². The molecular formula is C14H20F3NO2. The van der Waals surface area contributed by atoms with Crippen LogP contribution in [-0.4, -0.2) is 35.3 Å². The highest BCUT2D eigenvalue weighted by molar-refractivity contribution is 5.29. The topological polar surface area (TPSA) is 32.7 Å². The van der Waals surface area contributed by atoms with Gasteiger partial charge in [0.25, 0.3) is 0 Å². The number of alkyl halides is 2. The molecule has 20 heavy (non-hydrogen) atoms. The van der Waals surface area contributed by atoms with Gasteiger partial charge < -0.3 is 9.84 Å². The van der Waals surface area contributed by atoms with Crippen molar-refractivity contribution < 1.29 is 23.0 Å². The highest BCUT2D eigenvalue weighted by atomic mass is 19.3. The fourth-order valence-corrected chi connectivity index (χ4v) is 1.92. The van der Waals surface area contributed by atoms with Crippen molar-refractivity contribution in [2.45, 2.75) is 39.5 Å². The monoisotopic (exact) mass is 291 g/mol. The number of ether oxygens (including phenoxy) is 1. The Hall–Kier alpha value is -1.27. The lowest BCUT2D eigenvalue weighted by Crippen LogP contribution is -2.38. The maximum Gasteiger partial charge on any atom is 0.387 e. The molecule has 0 heterocycles. The van der Waals surface area contributed by atoms with Crippen LogP contribution in [0.1, 0.15) is 26.3 Å². The molecule has 1 N–H and O–H groups in total. The number of benzene rings is 1. The van der Waals surface area contributed by atoms with Gasteiger partial charge in [0.2, 0.25) is 0 Å². The highest BCUT2D eigenvalue weighted by Gasteiger charge is 2.18. The fourth-order valence-electron chi connectivity index (χ4n) is 1.92. The fraction of sp³-hybridized carbons (Fsp3) is 0.571. The number of nitrogens with zero attached hydrogens (tertiary/aromatic N) is 1. The van der Waals surface area contributed by atoms with Crippen LogP contribution in [0.5, 0.6) is 5.75 Å². The van der Waals surface area contributed by atoms with E-state index in [1.54, 1.807) is 13.8 Å². The average Bonchev–Trinajstić information content (AvgIpc) is 2.29. The quantitative estimate of drug-likeness (QED) is 0.838. The SMILES string of the molecule is CCN(Cc1ccc(OC(F)F)c(F)c1)CC(C)(C)O. The molecule has 0 fully saturated rings. The first kappa shape index (κ1) is 16.8. The standard InChI is InChI=1S/C14H20F3NO2/c1-4-18(9-14(2,3)19)8-10-5-6-12(11(15)7-10)20-13(16)17/h5-7,13,19H,4,8-9H2,1-3H3. The molecule has 1 aromatic carbocycles. The highest BCUT2D eigenvalue weighted by Crippen LogP contribution is 2.21. The Balaban J connectivity index is 2.75. The van der Waals surface area contributed by atoms with Crippen molar-refractivity contribution in [3.8, 4) is 5.75 Å². The van der Waals surface area contributed by atoms with Crippen molar-refractivity contribution in [3.63, 3.8) is 0 Å². The van der Waals surface area contributed by atoms with Gasteiger partial charge in [-0.05, 0) is 38.1 Å². The van der Waals surface area contributed by atoms with Gasteiger partial charge in [-0.2, -0.15) is 8.78 Å². The summed E-state index contributed by atoms with van der Waals surface area (Å²) in [5.74, 6) is -1.28. The van der Waals surface area contributed by atoms with Crippen molar-refractivity contribution >= 4 is 0 Å². The van der Waals surface area contributed by atoms with Crippen molar-refractivity contribution in [2.75, 3.05) is 13.1 Å². The number of hydrogen-bond acceptors (Lipinski definition) is 3. The molecule has 6 heteroatoms. The van der Waals surface area contributed by atoms with E-state index in [2.05, 4.69) is 4.74 Å². The lowest BCUT2D eigenvalue weighted by molar-refractivity contribution is -0.0522. The molecule has 0 amide bonds. The van der Waals surface area contributed by atoms with E-state index in [9.17, 15) is 18.3 Å². The van der Waals surface area contributed by atoms with Crippen molar-refractivity contribution in [3.05, 3.63) is 29.6 Å². The van der Waals surface area contributed by atoms with E-state index in [4.69, 9.17) is 0 Å². The summed E-state index contributed by atoms with van der Waals surface area (Å²) in [4.78, 5) is 1.93. The third-order valence-electron chi connectivity index (χ3n) is 2.68. The lowest BCUT2D eigenvalue weighted by atomic mass is 10.1. The Kier molecular flexibility index (Phi) is 5.83. The average molecular weight is 291 g/mol. The van der Waals surface area contributed by atoms with E-state index in [1.165, 1.54) is 18.2 Å². The summed E-state index contributed by atoms with van der Waals surface area (Å²) >= 11 is 0. The normalized spacial score (nSPS) is 12.2. The number of rotatable bonds is 7. The van der Waals surface area contributed by atoms with E-state index in [-0.39, 0.29) is 0 Å². The molecule has 1 aromatic rings. The maximum atomic E-state index is 13.6. The van der Waals surface area contributed by atoms with Crippen LogP contribution in [0, 0.1) is 5.82 Å². The molecule has 0 spiro atoms. The second-order valence-corrected chi connectivity index (χ2v) is 5.26. The zero-order chi connectivity index (χ0) is 15.3. The Morgan fingerprint density at radius 3 is 2.45 bits per heavy atom. The molecule has 0 aliphatic rings. The molecule has 0 aliphatic heterocycles. The van der Waals surface area contributed by atoms with Crippen molar-refractivity contribution in [2.24, 2.45) is 0 Å². The summed E-state index contributed by atoms with van der Waals surface area (Å²) in [5, 5.41) is 9.78. The molecule has 0 aromatic heterocycles. The largest absolute Gasteiger partial charge is 0.432 e. The molecular weight excluding hydrogens is 271 g/mol. The van der Waals surface area contributed by atoms with E-state index in [1.807, 2.05) is 11.8 Å². The molecule has 0 saturated carbocycles. The molecule has 114 valence electrons. The second kappa shape index (κ2) is 6.95. The Bertz CT molecular complexity index is 433. The van der Waals surface area contributed by atoms with Gasteiger partial charge in [-0.25, -0.2) is 4.39 Å². The van der Waals surface area contributed by atoms with E-state index in [0.29, 0.717) is 25.2 Å². The third kappa shape index (κ3) is 5.79. The minimum Gasteiger partial charge on any atom is -0.432 e. The predicted molar refractivity (Wildman–Crippen MR) is 70.3 cm³/mol. The van der Waals surface area contributed by atoms with Gasteiger partial charge in [0, 0.05) is 13.1 Å². The van der Waals surface area contributed by atoms with Crippen LogP contribution in [-0.2, 0) is 6.54 Å². The molecule has 0 atom stereocenters. The zero-order valence-electron chi connectivity index (χ0n) is 11.9. The first-order chi connectivity index (χ1) is 9.21. The van der Waals surface area contributed by atoms with Crippen LogP contribution in [0.4, 0.5) is 13.2 Å². The first-order valence-corrected chi connectivity index (χ1v) is 6.39. The van der Waals surface area contributed by atoms with Crippen molar-refractivity contribution in [1.29, 1.82) is 0 Å². The predicted octanol–water partition coefficient (Wildman–Crippen LogP) is 3.02. The molecule has 1 rings (SSSR count). The van der Waals surface area contributed by atoms with Gasteiger partial charge in [0.05, 0.1) is 5.60 Å². The molecule has 0 radical (unpaired) electrons. The Morgan fingerprint density at radius 1 is 1.35 bits per heavy atom. The Labute approximate surface area is 117 Å². The lowest BCUT2D eigenvalue weighted by Gasteiger charge is -2.28. The minimum atomic E-state index is -3.04. The smallest absolute Gasteiger partial charge is 0.387 e. The van der Waals surface area contributed by atoms with E-state index >= 15 is 0 Å². The van der Waals surface area contributed by atoms with Gasteiger partial charge >= 0.3 is 6.61 Å². The van der Waals surface area contributed by atoms with Crippen LogP contribution >= 0.6 is 0 Å². The van der Waals surface area contributed by atoms with Gasteiger partial charge in [-0.15, -0.1) is 0 Å². The molecule has 0 unspecified atom stereocenters. The van der Waals surface area contributed by atoms with Crippen LogP contribution < -0.4 is 4.74 Å². The van der Waals surface area contributed by atoms with Gasteiger partial charge in [-0.1, -0.05) is 13.0 Å². The van der Waals surface area contributed by atoms with Gasteiger partial charge in [0.15, 0.2) is 11.6 Å². The second-order valence-electron chi connectivity index (χ2n) is 5.26. The Morgan fingerprint density at radius 2 is 2.00 bits per heavy atom. The molecule has 0 bridgehead atoms. The summed E-state index contributed by atoms with van der Waals surface area (Å²) in [6.45, 7) is 3.80. The van der Waals surface area contributed by atoms with E-state index < -0.39 is 23.8 Å². The summed E-state index contributed by atoms with van der Waals surface area (Å²) < 4.78 is 41.7. The number of hydrogen-bond donors (Lipinski definition) is 1. The summed E-state index contributed by atoms with van der Waals surface area (Å²) in [5.41, 5.74) is -0.219. The summed E-state index contributed by atoms with van der Waals surface area (Å²) in [7, 11) is 0. The number of likely N-dealkylation sites (N-methyl/N-ethyl adjacent to an activating group) is 1. The summed E-state index contributed by atoms with van der Waals surface area (Å²) in [6.07, 6.45) is 0. The zero-order valence-corrected chi connectivity index (χ0v) is 11.9. The molecule has 0 aliphatic carbocycles. The van der Waals surface area contributed by atoms with Crippen LogP contribution in [0.15, 0.2) is 18.2 Å². The molecule has 0 saturated heterocycles. The van der Waals surface area contributed by atoms with Crippen LogP contribution in [0.25, 0.3) is 0 Å². The summed E-state index contributed by atoms with van der Waals surface area (Å²) in [6, 6.07) is 3.90. The number of halogens is 3. The minimum absolute atomic E-state index is 0.423. The van der Waals surface area contributed by atoms with Crippen LogP contribution in [0.3, 0.4) is 0 Å². The maximum absolute atomic E-state index is 13.6. The van der Waals surface area contributed by atoms with Crippen molar-refractivity contribution in [1.82, 2.24) is 4.90 Å². The van der Waals surface area contributed by atoms with Gasteiger partial charge in [0.1, 0.15) is 0 Å². The number of aliphatic hydroxyl groups is 1.